The minimum Gasteiger partial charge on any atom is -0.481 e. The highest BCUT2D eigenvalue weighted by atomic mass is 32.2. The van der Waals surface area contributed by atoms with E-state index in [4.69, 9.17) is 5.11 Å². The number of hydrogen-bond donors (Lipinski definition) is 1. The van der Waals surface area contributed by atoms with Gasteiger partial charge in [0.05, 0.1) is 11.5 Å². The molecule has 2 heterocycles. The normalized spacial score (nSPS) is 29.2. The average molecular weight is 289 g/mol. The molecule has 5 nitrogen and oxygen atoms in total. The fourth-order valence-corrected chi connectivity index (χ4v) is 4.78. The predicted molar refractivity (Wildman–Crippen MR) is 72.9 cm³/mol. The number of aliphatic carboxylic acids is 1. The number of hydrogen-bond acceptors (Lipinski definition) is 4. The molecule has 2 aliphatic heterocycles. The van der Waals surface area contributed by atoms with Crippen molar-refractivity contribution in [1.29, 1.82) is 0 Å². The summed E-state index contributed by atoms with van der Waals surface area (Å²) in [4.78, 5) is 13.1. The zero-order valence-electron chi connectivity index (χ0n) is 11.3. The molecule has 1 N–H and O–H groups in total. The van der Waals surface area contributed by atoms with Crippen LogP contribution in [-0.2, 0) is 14.6 Å². The first kappa shape index (κ1) is 14.8. The molecule has 0 radical (unpaired) electrons. The predicted octanol–water partition coefficient (Wildman–Crippen LogP) is 1.28. The highest BCUT2D eigenvalue weighted by Gasteiger charge is 2.33. The van der Waals surface area contributed by atoms with Crippen molar-refractivity contribution in [3.63, 3.8) is 0 Å². The van der Waals surface area contributed by atoms with E-state index in [1.807, 2.05) is 0 Å². The van der Waals surface area contributed by atoms with Crippen LogP contribution in [0.25, 0.3) is 0 Å². The number of nitrogens with zero attached hydrogens (tertiary/aromatic N) is 1. The number of rotatable bonds is 4. The molecular weight excluding hydrogens is 266 g/mol. The Kier molecular flexibility index (Phi) is 4.84. The van der Waals surface area contributed by atoms with Gasteiger partial charge in [-0.15, -0.1) is 0 Å². The van der Waals surface area contributed by atoms with Crippen molar-refractivity contribution in [2.24, 2.45) is 0 Å². The van der Waals surface area contributed by atoms with E-state index >= 15 is 0 Å². The number of carboxylic acids is 1. The second kappa shape index (κ2) is 6.22. The van der Waals surface area contributed by atoms with Crippen molar-refractivity contribution in [2.75, 3.05) is 18.1 Å². The fraction of sp³-hybridized carbons (Fsp3) is 0.923. The third-order valence-corrected chi connectivity index (χ3v) is 6.07. The van der Waals surface area contributed by atoms with Crippen LogP contribution in [0.2, 0.25) is 0 Å². The van der Waals surface area contributed by atoms with E-state index in [0.29, 0.717) is 42.9 Å². The van der Waals surface area contributed by atoms with Gasteiger partial charge < -0.3 is 5.11 Å². The molecule has 2 fully saturated rings. The summed E-state index contributed by atoms with van der Waals surface area (Å²) in [6.45, 7) is 0.995. The largest absolute Gasteiger partial charge is 0.481 e. The Morgan fingerprint density at radius 3 is 2.47 bits per heavy atom. The van der Waals surface area contributed by atoms with Gasteiger partial charge in [0, 0.05) is 18.5 Å². The molecule has 0 aliphatic carbocycles. The van der Waals surface area contributed by atoms with Gasteiger partial charge in [0.2, 0.25) is 0 Å². The molecule has 2 aliphatic rings. The summed E-state index contributed by atoms with van der Waals surface area (Å²) in [5.41, 5.74) is 0. The van der Waals surface area contributed by atoms with Crippen molar-refractivity contribution >= 4 is 15.8 Å². The smallest absolute Gasteiger partial charge is 0.303 e. The lowest BCUT2D eigenvalue weighted by atomic mass is 9.94. The van der Waals surface area contributed by atoms with Crippen LogP contribution < -0.4 is 0 Å². The highest BCUT2D eigenvalue weighted by molar-refractivity contribution is 7.91. The lowest BCUT2D eigenvalue weighted by Crippen LogP contribution is -2.49. The van der Waals surface area contributed by atoms with E-state index in [-0.39, 0.29) is 6.42 Å². The van der Waals surface area contributed by atoms with Gasteiger partial charge >= 0.3 is 5.97 Å². The van der Waals surface area contributed by atoms with E-state index in [0.717, 1.165) is 25.8 Å². The fourth-order valence-electron chi connectivity index (χ4n) is 3.31. The average Bonchev–Trinajstić information content (AvgIpc) is 2.37. The van der Waals surface area contributed by atoms with Gasteiger partial charge in [-0.3, -0.25) is 9.69 Å². The Balaban J connectivity index is 1.93. The van der Waals surface area contributed by atoms with Gasteiger partial charge in [0.1, 0.15) is 9.84 Å². The van der Waals surface area contributed by atoms with Gasteiger partial charge in [0.15, 0.2) is 0 Å². The van der Waals surface area contributed by atoms with Crippen molar-refractivity contribution < 1.29 is 18.3 Å². The molecule has 0 saturated carbocycles. The van der Waals surface area contributed by atoms with Crippen LogP contribution in [0.4, 0.5) is 0 Å². The van der Waals surface area contributed by atoms with Crippen molar-refractivity contribution in [2.45, 2.75) is 57.0 Å². The monoisotopic (exact) mass is 289 g/mol. The summed E-state index contributed by atoms with van der Waals surface area (Å²) in [6.07, 6.45) is 5.69. The Morgan fingerprint density at radius 1 is 1.16 bits per heavy atom. The molecule has 0 aromatic rings. The van der Waals surface area contributed by atoms with Crippen molar-refractivity contribution in [3.8, 4) is 0 Å². The molecule has 0 aromatic carbocycles. The summed E-state index contributed by atoms with van der Waals surface area (Å²) in [5.74, 6) is -0.156. The number of likely N-dealkylation sites (tertiary alicyclic amines) is 1. The molecule has 1 atom stereocenters. The Labute approximate surface area is 114 Å². The molecule has 0 amide bonds. The van der Waals surface area contributed by atoms with Gasteiger partial charge in [-0.25, -0.2) is 8.42 Å². The number of carboxylic acid groups (broad SMARTS) is 1. The standard InChI is InChI=1S/C13H23NO4S/c15-13(16)5-4-11-3-1-2-8-14(11)12-6-9-19(17,18)10-7-12/h11-12H,1-10H2,(H,15,16). The van der Waals surface area contributed by atoms with Crippen LogP contribution in [0.3, 0.4) is 0 Å². The van der Waals surface area contributed by atoms with Crippen LogP contribution >= 0.6 is 0 Å². The molecule has 2 rings (SSSR count). The lowest BCUT2D eigenvalue weighted by Gasteiger charge is -2.42. The molecule has 0 bridgehead atoms. The topological polar surface area (TPSA) is 74.7 Å². The number of carbonyl (C=O) groups is 1. The second-order valence-electron chi connectivity index (χ2n) is 5.70. The Bertz CT molecular complexity index is 406. The maximum atomic E-state index is 11.5. The molecule has 110 valence electrons. The molecule has 0 spiro atoms. The van der Waals surface area contributed by atoms with Crippen LogP contribution in [0.15, 0.2) is 0 Å². The molecule has 0 aromatic heterocycles. The summed E-state index contributed by atoms with van der Waals surface area (Å²) < 4.78 is 23.0. The van der Waals surface area contributed by atoms with Gasteiger partial charge in [0.25, 0.3) is 0 Å². The van der Waals surface area contributed by atoms with Gasteiger partial charge in [-0.05, 0) is 38.6 Å². The minimum atomic E-state index is -2.82. The first-order chi connectivity index (χ1) is 8.98. The SMILES string of the molecule is O=C(O)CCC1CCCCN1C1CCS(=O)(=O)CC1. The van der Waals surface area contributed by atoms with E-state index in [9.17, 15) is 13.2 Å². The molecule has 19 heavy (non-hydrogen) atoms. The van der Waals surface area contributed by atoms with Crippen LogP contribution in [0.5, 0.6) is 0 Å². The number of piperidine rings is 1. The lowest BCUT2D eigenvalue weighted by molar-refractivity contribution is -0.137. The summed E-state index contributed by atoms with van der Waals surface area (Å²) in [5, 5.41) is 8.81. The van der Waals surface area contributed by atoms with E-state index in [2.05, 4.69) is 4.90 Å². The first-order valence-electron chi connectivity index (χ1n) is 7.16. The van der Waals surface area contributed by atoms with Crippen molar-refractivity contribution in [1.82, 2.24) is 4.90 Å². The first-order valence-corrected chi connectivity index (χ1v) is 8.98. The van der Waals surface area contributed by atoms with E-state index in [1.165, 1.54) is 0 Å². The zero-order valence-corrected chi connectivity index (χ0v) is 12.1. The molecule has 2 saturated heterocycles. The molecule has 6 heteroatoms. The Morgan fingerprint density at radius 2 is 1.84 bits per heavy atom. The summed E-state index contributed by atoms with van der Waals surface area (Å²) in [6, 6.07) is 0.665. The van der Waals surface area contributed by atoms with Crippen LogP contribution in [0.1, 0.15) is 44.9 Å². The van der Waals surface area contributed by atoms with Gasteiger partial charge in [-0.1, -0.05) is 6.42 Å². The molecular formula is C13H23NO4S. The third-order valence-electron chi connectivity index (χ3n) is 4.36. The summed E-state index contributed by atoms with van der Waals surface area (Å²) in [7, 11) is -2.82. The molecule has 1 unspecified atom stereocenters. The van der Waals surface area contributed by atoms with E-state index < -0.39 is 15.8 Å². The Hall–Kier alpha value is -0.620. The maximum Gasteiger partial charge on any atom is 0.303 e. The minimum absolute atomic E-state index is 0.214. The van der Waals surface area contributed by atoms with Crippen LogP contribution in [-0.4, -0.2) is 54.5 Å². The zero-order chi connectivity index (χ0) is 13.9. The quantitative estimate of drug-likeness (QED) is 0.844. The number of sulfone groups is 1. The van der Waals surface area contributed by atoms with Crippen molar-refractivity contribution in [3.05, 3.63) is 0 Å². The van der Waals surface area contributed by atoms with Gasteiger partial charge in [-0.2, -0.15) is 0 Å². The van der Waals surface area contributed by atoms with E-state index in [1.54, 1.807) is 0 Å². The third kappa shape index (κ3) is 4.18. The summed E-state index contributed by atoms with van der Waals surface area (Å²) >= 11 is 0. The second-order valence-corrected chi connectivity index (χ2v) is 8.01. The van der Waals surface area contributed by atoms with Crippen LogP contribution in [0, 0.1) is 0 Å². The maximum absolute atomic E-state index is 11.5. The highest BCUT2D eigenvalue weighted by Crippen LogP contribution is 2.28.